The van der Waals surface area contributed by atoms with E-state index in [9.17, 15) is 13.2 Å². The lowest BCUT2D eigenvalue weighted by atomic mass is 10.0. The summed E-state index contributed by atoms with van der Waals surface area (Å²) in [5.74, 6) is 5.25. The van der Waals surface area contributed by atoms with Crippen LogP contribution in [0.25, 0.3) is 0 Å². The van der Waals surface area contributed by atoms with Gasteiger partial charge in [0, 0.05) is 16.0 Å². The van der Waals surface area contributed by atoms with Gasteiger partial charge in [-0.15, -0.1) is 0 Å². The van der Waals surface area contributed by atoms with E-state index >= 15 is 0 Å². The summed E-state index contributed by atoms with van der Waals surface area (Å²) in [4.78, 5) is 0. The van der Waals surface area contributed by atoms with Crippen molar-refractivity contribution in [2.24, 2.45) is 5.84 Å². The Bertz CT molecular complexity index is 324. The Hall–Kier alpha value is -0.340. The molecule has 0 bridgehead atoms. The Labute approximate surface area is 106 Å². The molecule has 0 radical (unpaired) electrons. The van der Waals surface area contributed by atoms with Crippen molar-refractivity contribution in [2.75, 3.05) is 0 Å². The lowest BCUT2D eigenvalue weighted by molar-refractivity contribution is -0.136. The first-order valence-electron chi connectivity index (χ1n) is 4.71. The van der Waals surface area contributed by atoms with Crippen LogP contribution in [0, 0.1) is 3.57 Å². The zero-order chi connectivity index (χ0) is 12.2. The summed E-state index contributed by atoms with van der Waals surface area (Å²) in [5, 5.41) is 0. The molecule has 0 aliphatic carbocycles. The molecule has 2 nitrogen and oxygen atoms in total. The molecule has 1 rings (SSSR count). The summed E-state index contributed by atoms with van der Waals surface area (Å²) >= 11 is 2.13. The van der Waals surface area contributed by atoms with Crippen LogP contribution in [-0.4, -0.2) is 6.18 Å². The fourth-order valence-corrected chi connectivity index (χ4v) is 1.71. The third-order valence-electron chi connectivity index (χ3n) is 2.19. The molecule has 0 saturated heterocycles. The molecule has 6 heteroatoms. The van der Waals surface area contributed by atoms with Gasteiger partial charge in [-0.1, -0.05) is 12.1 Å². The summed E-state index contributed by atoms with van der Waals surface area (Å²) in [6, 6.07) is 6.78. The molecule has 1 aromatic rings. The molecular weight excluding hydrogens is 332 g/mol. The standard InChI is InChI=1S/C10H12F3IN2/c11-10(12,13)6-5-9(16-15)7-1-3-8(14)4-2-7/h1-4,9,16H,5-6,15H2. The maximum Gasteiger partial charge on any atom is 0.389 e. The second-order valence-corrected chi connectivity index (χ2v) is 4.67. The summed E-state index contributed by atoms with van der Waals surface area (Å²) in [7, 11) is 0. The monoisotopic (exact) mass is 344 g/mol. The number of benzene rings is 1. The third kappa shape index (κ3) is 4.67. The molecule has 0 aliphatic rings. The number of halogens is 4. The largest absolute Gasteiger partial charge is 0.389 e. The van der Waals surface area contributed by atoms with Crippen LogP contribution in [-0.2, 0) is 0 Å². The predicted molar refractivity (Wildman–Crippen MR) is 64.5 cm³/mol. The molecule has 0 aliphatic heterocycles. The highest BCUT2D eigenvalue weighted by atomic mass is 127. The van der Waals surface area contributed by atoms with Gasteiger partial charge in [0.1, 0.15) is 0 Å². The van der Waals surface area contributed by atoms with Crippen molar-refractivity contribution in [3.05, 3.63) is 33.4 Å². The number of hydrazine groups is 1. The zero-order valence-electron chi connectivity index (χ0n) is 8.39. The Morgan fingerprint density at radius 2 is 1.81 bits per heavy atom. The highest BCUT2D eigenvalue weighted by Gasteiger charge is 2.28. The topological polar surface area (TPSA) is 38.0 Å². The van der Waals surface area contributed by atoms with E-state index in [2.05, 4.69) is 28.0 Å². The van der Waals surface area contributed by atoms with Crippen LogP contribution in [0.2, 0.25) is 0 Å². The van der Waals surface area contributed by atoms with Gasteiger partial charge in [-0.3, -0.25) is 11.3 Å². The van der Waals surface area contributed by atoms with Gasteiger partial charge < -0.3 is 0 Å². The maximum atomic E-state index is 12.1. The third-order valence-corrected chi connectivity index (χ3v) is 2.91. The second-order valence-electron chi connectivity index (χ2n) is 3.42. The molecule has 0 amide bonds. The van der Waals surface area contributed by atoms with Gasteiger partial charge in [-0.25, -0.2) is 0 Å². The first kappa shape index (κ1) is 13.7. The van der Waals surface area contributed by atoms with Gasteiger partial charge in [-0.2, -0.15) is 13.2 Å². The molecule has 0 aromatic heterocycles. The summed E-state index contributed by atoms with van der Waals surface area (Å²) in [6.07, 6.45) is -5.03. The molecular formula is C10H12F3IN2. The van der Waals surface area contributed by atoms with E-state index in [-0.39, 0.29) is 6.42 Å². The van der Waals surface area contributed by atoms with E-state index in [0.717, 1.165) is 9.13 Å². The lowest BCUT2D eigenvalue weighted by Crippen LogP contribution is -2.29. The fraction of sp³-hybridized carbons (Fsp3) is 0.400. The highest BCUT2D eigenvalue weighted by Crippen LogP contribution is 2.27. The molecule has 16 heavy (non-hydrogen) atoms. The number of nitrogens with one attached hydrogen (secondary N) is 1. The average Bonchev–Trinajstić information content (AvgIpc) is 2.20. The minimum atomic E-state index is -4.14. The fourth-order valence-electron chi connectivity index (χ4n) is 1.35. The Balaban J connectivity index is 2.64. The van der Waals surface area contributed by atoms with Crippen molar-refractivity contribution >= 4 is 22.6 Å². The number of alkyl halides is 3. The van der Waals surface area contributed by atoms with Crippen molar-refractivity contribution in [1.82, 2.24) is 5.43 Å². The minimum Gasteiger partial charge on any atom is -0.271 e. The SMILES string of the molecule is NNC(CCC(F)(F)F)c1ccc(I)cc1. The molecule has 0 heterocycles. The maximum absolute atomic E-state index is 12.1. The van der Waals surface area contributed by atoms with Gasteiger partial charge >= 0.3 is 6.18 Å². The van der Waals surface area contributed by atoms with Gasteiger partial charge in [-0.05, 0) is 46.7 Å². The Kier molecular flexibility index (Phi) is 5.00. The first-order valence-corrected chi connectivity index (χ1v) is 5.78. The van der Waals surface area contributed by atoms with Crippen molar-refractivity contribution < 1.29 is 13.2 Å². The summed E-state index contributed by atoms with van der Waals surface area (Å²) < 4.78 is 37.2. The Morgan fingerprint density at radius 3 is 2.25 bits per heavy atom. The molecule has 1 aromatic carbocycles. The molecule has 0 saturated carbocycles. The van der Waals surface area contributed by atoms with Gasteiger partial charge in [0.25, 0.3) is 0 Å². The van der Waals surface area contributed by atoms with E-state index in [0.29, 0.717) is 0 Å². The minimum absolute atomic E-state index is 0.0550. The molecule has 0 spiro atoms. The van der Waals surface area contributed by atoms with Crippen LogP contribution < -0.4 is 11.3 Å². The van der Waals surface area contributed by atoms with Gasteiger partial charge in [0.05, 0.1) is 0 Å². The lowest BCUT2D eigenvalue weighted by Gasteiger charge is -2.17. The quantitative estimate of drug-likeness (QED) is 0.500. The second kappa shape index (κ2) is 5.83. The van der Waals surface area contributed by atoms with Crippen LogP contribution in [0.15, 0.2) is 24.3 Å². The number of nitrogens with two attached hydrogens (primary N) is 1. The zero-order valence-corrected chi connectivity index (χ0v) is 10.5. The summed E-state index contributed by atoms with van der Waals surface area (Å²) in [5.41, 5.74) is 3.18. The van der Waals surface area contributed by atoms with Gasteiger partial charge in [0.15, 0.2) is 0 Å². The van der Waals surface area contributed by atoms with Crippen LogP contribution in [0.3, 0.4) is 0 Å². The van der Waals surface area contributed by atoms with E-state index < -0.39 is 18.6 Å². The van der Waals surface area contributed by atoms with Crippen molar-refractivity contribution in [2.45, 2.75) is 25.1 Å². The molecule has 0 fully saturated rings. The Morgan fingerprint density at radius 1 is 1.25 bits per heavy atom. The summed E-state index contributed by atoms with van der Waals surface area (Å²) in [6.45, 7) is 0. The predicted octanol–water partition coefficient (Wildman–Crippen LogP) is 3.14. The van der Waals surface area contributed by atoms with E-state index in [1.807, 2.05) is 12.1 Å². The van der Waals surface area contributed by atoms with Crippen molar-refractivity contribution in [3.8, 4) is 0 Å². The number of rotatable bonds is 4. The first-order chi connectivity index (χ1) is 7.42. The number of hydrogen-bond acceptors (Lipinski definition) is 2. The van der Waals surface area contributed by atoms with Gasteiger partial charge in [0.2, 0.25) is 0 Å². The normalized spacial score (nSPS) is 13.8. The smallest absolute Gasteiger partial charge is 0.271 e. The van der Waals surface area contributed by atoms with Crippen molar-refractivity contribution in [3.63, 3.8) is 0 Å². The molecule has 1 unspecified atom stereocenters. The van der Waals surface area contributed by atoms with Crippen LogP contribution >= 0.6 is 22.6 Å². The van der Waals surface area contributed by atoms with Crippen LogP contribution in [0.5, 0.6) is 0 Å². The van der Waals surface area contributed by atoms with Crippen LogP contribution in [0.1, 0.15) is 24.4 Å². The van der Waals surface area contributed by atoms with Crippen LogP contribution in [0.4, 0.5) is 13.2 Å². The molecule has 1 atom stereocenters. The molecule has 3 N–H and O–H groups in total. The number of hydrogen-bond donors (Lipinski definition) is 2. The van der Waals surface area contributed by atoms with E-state index in [1.54, 1.807) is 12.1 Å². The molecule has 90 valence electrons. The average molecular weight is 344 g/mol. The van der Waals surface area contributed by atoms with Crippen molar-refractivity contribution in [1.29, 1.82) is 0 Å². The van der Waals surface area contributed by atoms with E-state index in [4.69, 9.17) is 5.84 Å². The van der Waals surface area contributed by atoms with E-state index in [1.165, 1.54) is 0 Å². The highest BCUT2D eigenvalue weighted by molar-refractivity contribution is 14.1.